The second kappa shape index (κ2) is 6.31. The Morgan fingerprint density at radius 1 is 1.20 bits per heavy atom. The van der Waals surface area contributed by atoms with Gasteiger partial charge in [0.05, 0.1) is 23.2 Å². The highest BCUT2D eigenvalue weighted by atomic mass is 16.3. The second-order valence-corrected chi connectivity index (χ2v) is 6.60. The summed E-state index contributed by atoms with van der Waals surface area (Å²) in [5, 5.41) is 0. The number of anilines is 1. The average molecular weight is 340 g/mol. The molecule has 1 fully saturated rings. The van der Waals surface area contributed by atoms with E-state index in [4.69, 9.17) is 9.40 Å². The summed E-state index contributed by atoms with van der Waals surface area (Å²) in [6, 6.07) is 3.76. The summed E-state index contributed by atoms with van der Waals surface area (Å²) >= 11 is 0. The van der Waals surface area contributed by atoms with Gasteiger partial charge in [-0.3, -0.25) is 9.59 Å². The molecule has 130 valence electrons. The van der Waals surface area contributed by atoms with Gasteiger partial charge in [-0.1, -0.05) is 0 Å². The molecule has 1 atom stereocenters. The van der Waals surface area contributed by atoms with Crippen molar-refractivity contribution in [3.8, 4) is 0 Å². The molecule has 1 amide bonds. The van der Waals surface area contributed by atoms with E-state index in [0.29, 0.717) is 50.5 Å². The molecule has 1 aliphatic heterocycles. The standard InChI is InChI=1S/C18H20N4O3/c1-12-17-14(9-13(10-15(17)24)16-3-2-8-25-16)20-18(19-12)22-6-4-21(11-23)5-7-22/h2-3,8,11,13H,4-7,9-10H2,1H3/t13-/m1/s1. The quantitative estimate of drug-likeness (QED) is 0.789. The van der Waals surface area contributed by atoms with Gasteiger partial charge in [-0.25, -0.2) is 9.97 Å². The fourth-order valence-electron chi connectivity index (χ4n) is 3.65. The molecule has 0 N–H and O–H groups in total. The number of aryl methyl sites for hydroxylation is 1. The van der Waals surface area contributed by atoms with Crippen molar-refractivity contribution in [3.63, 3.8) is 0 Å². The van der Waals surface area contributed by atoms with Gasteiger partial charge in [-0.05, 0) is 19.1 Å². The smallest absolute Gasteiger partial charge is 0.225 e. The van der Waals surface area contributed by atoms with Crippen LogP contribution in [0.2, 0.25) is 0 Å². The van der Waals surface area contributed by atoms with Crippen LogP contribution in [0.15, 0.2) is 22.8 Å². The summed E-state index contributed by atoms with van der Waals surface area (Å²) < 4.78 is 5.49. The number of hydrogen-bond donors (Lipinski definition) is 0. The van der Waals surface area contributed by atoms with E-state index in [2.05, 4.69) is 9.88 Å². The Morgan fingerprint density at radius 2 is 2.00 bits per heavy atom. The predicted molar refractivity (Wildman–Crippen MR) is 90.7 cm³/mol. The third kappa shape index (κ3) is 2.90. The van der Waals surface area contributed by atoms with Gasteiger partial charge in [0, 0.05) is 44.9 Å². The lowest BCUT2D eigenvalue weighted by Gasteiger charge is -2.33. The minimum absolute atomic E-state index is 0.0315. The van der Waals surface area contributed by atoms with Crippen molar-refractivity contribution in [2.24, 2.45) is 0 Å². The lowest BCUT2D eigenvalue weighted by molar-refractivity contribution is -0.118. The molecule has 2 aromatic rings. The van der Waals surface area contributed by atoms with Gasteiger partial charge < -0.3 is 14.2 Å². The van der Waals surface area contributed by atoms with Crippen LogP contribution in [0.4, 0.5) is 5.95 Å². The number of carbonyl (C=O) groups excluding carboxylic acids is 2. The molecule has 0 radical (unpaired) electrons. The number of furan rings is 1. The van der Waals surface area contributed by atoms with Gasteiger partial charge in [0.1, 0.15) is 5.76 Å². The molecular weight excluding hydrogens is 320 g/mol. The number of Topliss-reactive ketones (excluding diaryl/α,β-unsaturated/α-hetero) is 1. The lowest BCUT2D eigenvalue weighted by Crippen LogP contribution is -2.46. The van der Waals surface area contributed by atoms with Crippen molar-refractivity contribution in [3.05, 3.63) is 41.1 Å². The number of amides is 1. The first-order chi connectivity index (χ1) is 12.2. The maximum absolute atomic E-state index is 12.6. The Labute approximate surface area is 145 Å². The first-order valence-corrected chi connectivity index (χ1v) is 8.54. The van der Waals surface area contributed by atoms with Gasteiger partial charge in [0.2, 0.25) is 12.4 Å². The molecule has 0 saturated carbocycles. The third-order valence-corrected chi connectivity index (χ3v) is 5.00. The van der Waals surface area contributed by atoms with Crippen LogP contribution in [0.5, 0.6) is 0 Å². The minimum atomic E-state index is 0.0315. The number of carbonyl (C=O) groups is 2. The van der Waals surface area contributed by atoms with E-state index in [9.17, 15) is 9.59 Å². The molecule has 7 heteroatoms. The van der Waals surface area contributed by atoms with E-state index in [0.717, 1.165) is 23.6 Å². The second-order valence-electron chi connectivity index (χ2n) is 6.60. The summed E-state index contributed by atoms with van der Waals surface area (Å²) in [4.78, 5) is 36.6. The van der Waals surface area contributed by atoms with E-state index in [1.54, 1.807) is 11.2 Å². The van der Waals surface area contributed by atoms with Crippen LogP contribution in [-0.4, -0.2) is 53.2 Å². The van der Waals surface area contributed by atoms with Crippen molar-refractivity contribution in [1.29, 1.82) is 0 Å². The molecule has 2 aromatic heterocycles. The summed E-state index contributed by atoms with van der Waals surface area (Å²) in [7, 11) is 0. The highest BCUT2D eigenvalue weighted by molar-refractivity contribution is 5.99. The molecule has 3 heterocycles. The zero-order valence-electron chi connectivity index (χ0n) is 14.1. The first-order valence-electron chi connectivity index (χ1n) is 8.54. The topological polar surface area (TPSA) is 79.5 Å². The van der Waals surface area contributed by atoms with Gasteiger partial charge in [-0.2, -0.15) is 0 Å². The fraction of sp³-hybridized carbons (Fsp3) is 0.444. The number of piperazine rings is 1. The molecule has 4 rings (SSSR count). The van der Waals surface area contributed by atoms with Crippen molar-refractivity contribution >= 4 is 18.1 Å². The number of hydrogen-bond acceptors (Lipinski definition) is 6. The largest absolute Gasteiger partial charge is 0.469 e. The summed E-state index contributed by atoms with van der Waals surface area (Å²) in [6.45, 7) is 4.60. The highest BCUT2D eigenvalue weighted by Crippen LogP contribution is 2.33. The first kappa shape index (κ1) is 15.8. The minimum Gasteiger partial charge on any atom is -0.469 e. The van der Waals surface area contributed by atoms with Crippen LogP contribution in [-0.2, 0) is 11.2 Å². The number of aromatic nitrogens is 2. The summed E-state index contributed by atoms with van der Waals surface area (Å²) in [5.41, 5.74) is 2.21. The van der Waals surface area contributed by atoms with E-state index >= 15 is 0 Å². The Balaban J connectivity index is 1.63. The third-order valence-electron chi connectivity index (χ3n) is 5.00. The molecule has 0 bridgehead atoms. The summed E-state index contributed by atoms with van der Waals surface area (Å²) in [6.07, 6.45) is 3.63. The van der Waals surface area contributed by atoms with Crippen molar-refractivity contribution < 1.29 is 14.0 Å². The van der Waals surface area contributed by atoms with Gasteiger partial charge >= 0.3 is 0 Å². The average Bonchev–Trinajstić information content (AvgIpc) is 3.16. The van der Waals surface area contributed by atoms with Crippen molar-refractivity contribution in [1.82, 2.24) is 14.9 Å². The number of ketones is 1. The molecule has 1 aliphatic carbocycles. The molecule has 7 nitrogen and oxygen atoms in total. The number of fused-ring (bicyclic) bond motifs is 1. The molecule has 2 aliphatic rings. The molecule has 0 aromatic carbocycles. The zero-order chi connectivity index (χ0) is 17.4. The zero-order valence-corrected chi connectivity index (χ0v) is 14.1. The van der Waals surface area contributed by atoms with Crippen LogP contribution in [0.1, 0.15) is 39.8 Å². The van der Waals surface area contributed by atoms with E-state index in [1.165, 1.54) is 0 Å². The van der Waals surface area contributed by atoms with Gasteiger partial charge in [-0.15, -0.1) is 0 Å². The maximum atomic E-state index is 12.6. The van der Waals surface area contributed by atoms with Gasteiger partial charge in [0.15, 0.2) is 5.78 Å². The van der Waals surface area contributed by atoms with E-state index in [1.807, 2.05) is 19.1 Å². The van der Waals surface area contributed by atoms with Crippen molar-refractivity contribution in [2.45, 2.75) is 25.7 Å². The Kier molecular flexibility index (Phi) is 3.99. The van der Waals surface area contributed by atoms with Crippen LogP contribution >= 0.6 is 0 Å². The van der Waals surface area contributed by atoms with Crippen LogP contribution in [0.25, 0.3) is 0 Å². The summed E-state index contributed by atoms with van der Waals surface area (Å²) in [5.74, 6) is 1.59. The van der Waals surface area contributed by atoms with E-state index in [-0.39, 0.29) is 11.7 Å². The number of nitrogens with zero attached hydrogens (tertiary/aromatic N) is 4. The number of rotatable bonds is 3. The predicted octanol–water partition coefficient (Wildman–Crippen LogP) is 1.57. The van der Waals surface area contributed by atoms with Gasteiger partial charge in [0.25, 0.3) is 0 Å². The van der Waals surface area contributed by atoms with Crippen LogP contribution in [0, 0.1) is 6.92 Å². The normalized spacial score (nSPS) is 20.5. The Hall–Kier alpha value is -2.70. The molecule has 0 spiro atoms. The van der Waals surface area contributed by atoms with Crippen LogP contribution in [0.3, 0.4) is 0 Å². The SMILES string of the molecule is Cc1nc(N2CCN(C=O)CC2)nc2c1C(=O)C[C@H](c1ccco1)C2. The highest BCUT2D eigenvalue weighted by Gasteiger charge is 2.32. The fourth-order valence-corrected chi connectivity index (χ4v) is 3.65. The lowest BCUT2D eigenvalue weighted by atomic mass is 9.84. The maximum Gasteiger partial charge on any atom is 0.225 e. The molecule has 1 saturated heterocycles. The Bertz CT molecular complexity index is 795. The molecule has 0 unspecified atom stereocenters. The Morgan fingerprint density at radius 3 is 2.68 bits per heavy atom. The molecule has 25 heavy (non-hydrogen) atoms. The monoisotopic (exact) mass is 340 g/mol. The van der Waals surface area contributed by atoms with Crippen LogP contribution < -0.4 is 4.90 Å². The van der Waals surface area contributed by atoms with Crippen molar-refractivity contribution in [2.75, 3.05) is 31.1 Å². The molecular formula is C18H20N4O3. The van der Waals surface area contributed by atoms with E-state index < -0.39 is 0 Å².